The number of carbonyl (C=O) groups excluding carboxylic acids is 1. The van der Waals surface area contributed by atoms with Gasteiger partial charge in [-0.3, -0.25) is 0 Å². The van der Waals surface area contributed by atoms with Crippen LogP contribution in [-0.4, -0.2) is 18.8 Å². The SMILES string of the molecule is C#CC(C)COC(=O)C(F)(F)F. The molecule has 0 spiro atoms. The third kappa shape index (κ3) is 3.86. The largest absolute Gasteiger partial charge is 0.490 e. The average molecular weight is 180 g/mol. The van der Waals surface area contributed by atoms with Crippen LogP contribution in [0.4, 0.5) is 13.2 Å². The first-order valence-electron chi connectivity index (χ1n) is 3.08. The number of halogens is 3. The third-order valence-electron chi connectivity index (χ3n) is 0.980. The Morgan fingerprint density at radius 3 is 2.50 bits per heavy atom. The topological polar surface area (TPSA) is 26.3 Å². The van der Waals surface area contributed by atoms with Crippen molar-refractivity contribution in [3.8, 4) is 12.3 Å². The molecule has 2 nitrogen and oxygen atoms in total. The number of rotatable bonds is 2. The Hall–Kier alpha value is -1.18. The van der Waals surface area contributed by atoms with E-state index < -0.39 is 24.7 Å². The van der Waals surface area contributed by atoms with Gasteiger partial charge in [-0.15, -0.1) is 12.3 Å². The van der Waals surface area contributed by atoms with Crippen LogP contribution >= 0.6 is 0 Å². The van der Waals surface area contributed by atoms with Crippen molar-refractivity contribution in [3.63, 3.8) is 0 Å². The summed E-state index contributed by atoms with van der Waals surface area (Å²) >= 11 is 0. The summed E-state index contributed by atoms with van der Waals surface area (Å²) in [5.41, 5.74) is 0. The minimum Gasteiger partial charge on any atom is -0.458 e. The zero-order valence-electron chi connectivity index (χ0n) is 6.31. The van der Waals surface area contributed by atoms with E-state index >= 15 is 0 Å². The molecule has 0 aromatic carbocycles. The van der Waals surface area contributed by atoms with Gasteiger partial charge in [0, 0.05) is 0 Å². The lowest BCUT2D eigenvalue weighted by Crippen LogP contribution is -2.26. The van der Waals surface area contributed by atoms with Gasteiger partial charge in [-0.05, 0) is 6.92 Å². The molecule has 5 heteroatoms. The molecule has 12 heavy (non-hydrogen) atoms. The quantitative estimate of drug-likeness (QED) is 0.473. The van der Waals surface area contributed by atoms with E-state index in [1.807, 2.05) is 0 Å². The third-order valence-corrected chi connectivity index (χ3v) is 0.980. The summed E-state index contributed by atoms with van der Waals surface area (Å²) in [5, 5.41) is 0. The number of hydrogen-bond donors (Lipinski definition) is 0. The summed E-state index contributed by atoms with van der Waals surface area (Å²) in [6, 6.07) is 0. The molecule has 1 unspecified atom stereocenters. The molecule has 0 aromatic rings. The van der Waals surface area contributed by atoms with Crippen molar-refractivity contribution in [3.05, 3.63) is 0 Å². The average Bonchev–Trinajstić information content (AvgIpc) is 1.97. The monoisotopic (exact) mass is 180 g/mol. The van der Waals surface area contributed by atoms with Crippen LogP contribution in [0.5, 0.6) is 0 Å². The molecule has 0 amide bonds. The van der Waals surface area contributed by atoms with Crippen molar-refractivity contribution >= 4 is 5.97 Å². The maximum atomic E-state index is 11.5. The Morgan fingerprint density at radius 1 is 1.67 bits per heavy atom. The number of ether oxygens (including phenoxy) is 1. The highest BCUT2D eigenvalue weighted by Gasteiger charge is 2.40. The normalized spacial score (nSPS) is 13.2. The molecular formula is C7H7F3O2. The summed E-state index contributed by atoms with van der Waals surface area (Å²) in [4.78, 5) is 10.1. The van der Waals surface area contributed by atoms with Gasteiger partial charge >= 0.3 is 12.1 Å². The first kappa shape index (κ1) is 10.8. The van der Waals surface area contributed by atoms with Crippen molar-refractivity contribution in [2.75, 3.05) is 6.61 Å². The Kier molecular flexibility index (Phi) is 3.61. The van der Waals surface area contributed by atoms with Gasteiger partial charge in [0.05, 0.1) is 5.92 Å². The van der Waals surface area contributed by atoms with E-state index in [0.29, 0.717) is 0 Å². The summed E-state index contributed by atoms with van der Waals surface area (Å²) in [6.45, 7) is 1.07. The van der Waals surface area contributed by atoms with Crippen molar-refractivity contribution in [1.29, 1.82) is 0 Å². The Bertz CT molecular complexity index is 202. The number of esters is 1. The van der Waals surface area contributed by atoms with Gasteiger partial charge in [-0.25, -0.2) is 4.79 Å². The summed E-state index contributed by atoms with van der Waals surface area (Å²) in [6.07, 6.45) is -0.0914. The van der Waals surface area contributed by atoms with E-state index in [-0.39, 0.29) is 0 Å². The number of terminal acetylenes is 1. The smallest absolute Gasteiger partial charge is 0.458 e. The summed E-state index contributed by atoms with van der Waals surface area (Å²) in [5.74, 6) is -0.580. The summed E-state index contributed by atoms with van der Waals surface area (Å²) < 4.78 is 38.3. The highest BCUT2D eigenvalue weighted by Crippen LogP contribution is 2.16. The standard InChI is InChI=1S/C7H7F3O2/c1-3-5(2)4-12-6(11)7(8,9)10/h1,5H,4H2,2H3. The van der Waals surface area contributed by atoms with E-state index in [2.05, 4.69) is 10.7 Å². The van der Waals surface area contributed by atoms with Crippen LogP contribution in [0, 0.1) is 18.3 Å². The number of carbonyl (C=O) groups is 1. The molecule has 0 N–H and O–H groups in total. The van der Waals surface area contributed by atoms with Crippen molar-refractivity contribution in [2.24, 2.45) is 5.92 Å². The van der Waals surface area contributed by atoms with E-state index in [1.165, 1.54) is 6.92 Å². The van der Waals surface area contributed by atoms with E-state index in [9.17, 15) is 18.0 Å². The lowest BCUT2D eigenvalue weighted by atomic mass is 10.2. The predicted octanol–water partition coefficient (Wildman–Crippen LogP) is 1.36. The Labute approximate surface area is 67.7 Å². The van der Waals surface area contributed by atoms with Gasteiger partial charge in [0.1, 0.15) is 6.61 Å². The van der Waals surface area contributed by atoms with Gasteiger partial charge < -0.3 is 4.74 Å². The lowest BCUT2D eigenvalue weighted by Gasteiger charge is -2.07. The van der Waals surface area contributed by atoms with Crippen molar-refractivity contribution in [2.45, 2.75) is 13.1 Å². The number of alkyl halides is 3. The zero-order valence-corrected chi connectivity index (χ0v) is 6.31. The minimum absolute atomic E-state index is 0.408. The molecule has 68 valence electrons. The van der Waals surface area contributed by atoms with Crippen LogP contribution in [-0.2, 0) is 9.53 Å². The van der Waals surface area contributed by atoms with Gasteiger partial charge in [0.25, 0.3) is 0 Å². The van der Waals surface area contributed by atoms with Crippen LogP contribution in [0.3, 0.4) is 0 Å². The second-order valence-electron chi connectivity index (χ2n) is 2.16. The molecule has 0 saturated heterocycles. The fourth-order valence-corrected chi connectivity index (χ4v) is 0.331. The molecule has 0 aliphatic rings. The molecule has 0 aromatic heterocycles. The molecule has 0 rings (SSSR count). The first-order chi connectivity index (χ1) is 5.38. The molecule has 0 aliphatic carbocycles. The van der Waals surface area contributed by atoms with E-state index in [0.717, 1.165) is 0 Å². The van der Waals surface area contributed by atoms with E-state index in [4.69, 9.17) is 6.42 Å². The molecule has 0 aliphatic heterocycles. The van der Waals surface area contributed by atoms with Gasteiger partial charge in [-0.1, -0.05) is 0 Å². The Balaban J connectivity index is 3.82. The first-order valence-corrected chi connectivity index (χ1v) is 3.08. The maximum absolute atomic E-state index is 11.5. The van der Waals surface area contributed by atoms with Gasteiger partial charge in [-0.2, -0.15) is 13.2 Å². The molecule has 0 saturated carbocycles. The second-order valence-corrected chi connectivity index (χ2v) is 2.16. The molecule has 0 fully saturated rings. The minimum atomic E-state index is -4.94. The molecule has 0 bridgehead atoms. The van der Waals surface area contributed by atoms with Crippen LogP contribution in [0.2, 0.25) is 0 Å². The van der Waals surface area contributed by atoms with Crippen LogP contribution in [0.1, 0.15) is 6.92 Å². The molecule has 0 radical (unpaired) electrons. The highest BCUT2D eigenvalue weighted by molar-refractivity contribution is 5.75. The lowest BCUT2D eigenvalue weighted by molar-refractivity contribution is -0.200. The fraction of sp³-hybridized carbons (Fsp3) is 0.571. The van der Waals surface area contributed by atoms with Crippen molar-refractivity contribution in [1.82, 2.24) is 0 Å². The van der Waals surface area contributed by atoms with Crippen molar-refractivity contribution < 1.29 is 22.7 Å². The fourth-order valence-electron chi connectivity index (χ4n) is 0.331. The predicted molar refractivity (Wildman–Crippen MR) is 35.0 cm³/mol. The van der Waals surface area contributed by atoms with E-state index in [1.54, 1.807) is 0 Å². The highest BCUT2D eigenvalue weighted by atomic mass is 19.4. The van der Waals surface area contributed by atoms with Gasteiger partial charge in [0.15, 0.2) is 0 Å². The Morgan fingerprint density at radius 2 is 2.17 bits per heavy atom. The van der Waals surface area contributed by atoms with Crippen LogP contribution < -0.4 is 0 Å². The summed E-state index contributed by atoms with van der Waals surface area (Å²) in [7, 11) is 0. The van der Waals surface area contributed by atoms with Crippen LogP contribution in [0.25, 0.3) is 0 Å². The number of hydrogen-bond acceptors (Lipinski definition) is 2. The second kappa shape index (κ2) is 4.00. The van der Waals surface area contributed by atoms with Crippen LogP contribution in [0.15, 0.2) is 0 Å². The molecular weight excluding hydrogens is 173 g/mol. The van der Waals surface area contributed by atoms with Gasteiger partial charge in [0.2, 0.25) is 0 Å². The zero-order chi connectivity index (χ0) is 9.78. The molecule has 0 heterocycles. The maximum Gasteiger partial charge on any atom is 0.490 e. The molecule has 1 atom stereocenters.